The van der Waals surface area contributed by atoms with Crippen LogP contribution in [0.25, 0.3) is 0 Å². The van der Waals surface area contributed by atoms with Gasteiger partial charge in [0.25, 0.3) is 0 Å². The van der Waals surface area contributed by atoms with Crippen molar-refractivity contribution < 1.29 is 9.59 Å². The summed E-state index contributed by atoms with van der Waals surface area (Å²) in [7, 11) is 0. The number of carbonyl (C=O) groups excluding carboxylic acids is 2. The molecule has 0 atom stereocenters. The van der Waals surface area contributed by atoms with Gasteiger partial charge in [-0.25, -0.2) is 0 Å². The number of Topliss-reactive ketones (excluding diaryl/α,β-unsaturated/α-hetero) is 1. The van der Waals surface area contributed by atoms with Gasteiger partial charge < -0.3 is 5.32 Å². The van der Waals surface area contributed by atoms with Crippen molar-refractivity contribution in [1.82, 2.24) is 10.2 Å². The topological polar surface area (TPSA) is 49.4 Å². The second-order valence-electron chi connectivity index (χ2n) is 5.54. The molecule has 1 amide bonds. The molecule has 0 saturated carbocycles. The minimum atomic E-state index is 0.0270. The number of carbonyl (C=O) groups is 2. The Kier molecular flexibility index (Phi) is 4.90. The molecule has 0 spiro atoms. The van der Waals surface area contributed by atoms with Gasteiger partial charge in [-0.3, -0.25) is 14.5 Å². The van der Waals surface area contributed by atoms with Crippen molar-refractivity contribution in [2.45, 2.75) is 32.7 Å². The lowest BCUT2D eigenvalue weighted by molar-refractivity contribution is -0.119. The number of hydrogen-bond donors (Lipinski definition) is 1. The van der Waals surface area contributed by atoms with Gasteiger partial charge >= 0.3 is 0 Å². The fourth-order valence-electron chi connectivity index (χ4n) is 2.56. The fourth-order valence-corrected chi connectivity index (χ4v) is 2.56. The molecule has 20 heavy (non-hydrogen) atoms. The number of hydrogen-bond acceptors (Lipinski definition) is 3. The minimum Gasteiger partial charge on any atom is -0.354 e. The maximum absolute atomic E-state index is 12.2. The van der Waals surface area contributed by atoms with Gasteiger partial charge in [-0.1, -0.05) is 29.8 Å². The molecule has 0 unspecified atom stereocenters. The maximum Gasteiger partial charge on any atom is 0.217 e. The molecule has 1 aliphatic rings. The molecule has 0 radical (unpaired) electrons. The Balaban J connectivity index is 1.82. The summed E-state index contributed by atoms with van der Waals surface area (Å²) in [6.45, 7) is 5.76. The Morgan fingerprint density at radius 3 is 2.35 bits per heavy atom. The molecule has 1 heterocycles. The van der Waals surface area contributed by atoms with Crippen molar-refractivity contribution in [3.63, 3.8) is 0 Å². The maximum atomic E-state index is 12.2. The highest BCUT2D eigenvalue weighted by molar-refractivity contribution is 5.97. The molecule has 4 nitrogen and oxygen atoms in total. The van der Waals surface area contributed by atoms with E-state index < -0.39 is 0 Å². The number of likely N-dealkylation sites (tertiary alicyclic amines) is 1. The number of nitrogens with zero attached hydrogens (tertiary/aromatic N) is 1. The van der Waals surface area contributed by atoms with Gasteiger partial charge in [0, 0.05) is 31.6 Å². The van der Waals surface area contributed by atoms with Gasteiger partial charge in [-0.2, -0.15) is 0 Å². The highest BCUT2D eigenvalue weighted by atomic mass is 16.1. The molecule has 1 N–H and O–H groups in total. The summed E-state index contributed by atoms with van der Waals surface area (Å²) in [6.07, 6.45) is 1.83. The summed E-state index contributed by atoms with van der Waals surface area (Å²) in [6, 6.07) is 7.98. The standard InChI is InChI=1S/C16H22N2O2/c1-12-3-5-14(6-4-12)16(20)11-18-9-7-15(8-10-18)17-13(2)19/h3-6,15H,7-11H2,1-2H3,(H,17,19). The van der Waals surface area contributed by atoms with Crippen LogP contribution in [0, 0.1) is 6.92 Å². The van der Waals surface area contributed by atoms with Crippen molar-refractivity contribution in [2.24, 2.45) is 0 Å². The Bertz CT molecular complexity index is 474. The molecule has 0 aromatic heterocycles. The monoisotopic (exact) mass is 274 g/mol. The summed E-state index contributed by atoms with van der Waals surface area (Å²) in [5, 5.41) is 2.94. The van der Waals surface area contributed by atoms with E-state index in [1.807, 2.05) is 31.2 Å². The first-order chi connectivity index (χ1) is 9.54. The second kappa shape index (κ2) is 6.66. The van der Waals surface area contributed by atoms with Crippen LogP contribution in [0.1, 0.15) is 35.7 Å². The van der Waals surface area contributed by atoms with Crippen LogP contribution in [-0.2, 0) is 4.79 Å². The van der Waals surface area contributed by atoms with Gasteiger partial charge in [-0.15, -0.1) is 0 Å². The Morgan fingerprint density at radius 2 is 1.80 bits per heavy atom. The van der Waals surface area contributed by atoms with Gasteiger partial charge in [0.1, 0.15) is 0 Å². The number of nitrogens with one attached hydrogen (secondary N) is 1. The minimum absolute atomic E-state index is 0.0270. The van der Waals surface area contributed by atoms with Crippen LogP contribution in [0.15, 0.2) is 24.3 Å². The first kappa shape index (κ1) is 14.7. The average molecular weight is 274 g/mol. The first-order valence-corrected chi connectivity index (χ1v) is 7.14. The quantitative estimate of drug-likeness (QED) is 0.851. The number of amides is 1. The summed E-state index contributed by atoms with van der Waals surface area (Å²) in [4.78, 5) is 25.3. The molecular weight excluding hydrogens is 252 g/mol. The van der Waals surface area contributed by atoms with E-state index >= 15 is 0 Å². The number of aryl methyl sites for hydroxylation is 1. The lowest BCUT2D eigenvalue weighted by atomic mass is 10.0. The first-order valence-electron chi connectivity index (χ1n) is 7.14. The highest BCUT2D eigenvalue weighted by Gasteiger charge is 2.21. The second-order valence-corrected chi connectivity index (χ2v) is 5.54. The number of ketones is 1. The third-order valence-electron chi connectivity index (χ3n) is 3.74. The van der Waals surface area contributed by atoms with Crippen LogP contribution in [0.3, 0.4) is 0 Å². The van der Waals surface area contributed by atoms with Gasteiger partial charge in [0.2, 0.25) is 5.91 Å². The average Bonchev–Trinajstić information content (AvgIpc) is 2.41. The van der Waals surface area contributed by atoms with Crippen LogP contribution in [-0.4, -0.2) is 42.3 Å². The summed E-state index contributed by atoms with van der Waals surface area (Å²) in [5.41, 5.74) is 1.94. The third-order valence-corrected chi connectivity index (χ3v) is 3.74. The predicted octanol–water partition coefficient (Wildman–Crippen LogP) is 1.78. The number of piperidine rings is 1. The fraction of sp³-hybridized carbons (Fsp3) is 0.500. The largest absolute Gasteiger partial charge is 0.354 e. The van der Waals surface area contributed by atoms with Crippen LogP contribution < -0.4 is 5.32 Å². The van der Waals surface area contributed by atoms with Crippen LogP contribution in [0.4, 0.5) is 0 Å². The molecule has 4 heteroatoms. The third kappa shape index (κ3) is 4.17. The lowest BCUT2D eigenvalue weighted by Gasteiger charge is -2.31. The van der Waals surface area contributed by atoms with Crippen LogP contribution in [0.2, 0.25) is 0 Å². The van der Waals surface area contributed by atoms with Crippen molar-refractivity contribution in [3.8, 4) is 0 Å². The SMILES string of the molecule is CC(=O)NC1CCN(CC(=O)c2ccc(C)cc2)CC1. The lowest BCUT2D eigenvalue weighted by Crippen LogP contribution is -2.45. The van der Waals surface area contributed by atoms with Crippen molar-refractivity contribution in [2.75, 3.05) is 19.6 Å². The molecule has 1 aromatic rings. The van der Waals surface area contributed by atoms with Gasteiger partial charge in [0.15, 0.2) is 5.78 Å². The van der Waals surface area contributed by atoms with Crippen molar-refractivity contribution in [1.29, 1.82) is 0 Å². The number of rotatable bonds is 4. The smallest absolute Gasteiger partial charge is 0.217 e. The summed E-state index contributed by atoms with van der Waals surface area (Å²) >= 11 is 0. The van der Waals surface area contributed by atoms with Gasteiger partial charge in [-0.05, 0) is 19.8 Å². The van der Waals surface area contributed by atoms with Gasteiger partial charge in [0.05, 0.1) is 6.54 Å². The predicted molar refractivity (Wildman–Crippen MR) is 78.8 cm³/mol. The highest BCUT2D eigenvalue weighted by Crippen LogP contribution is 2.12. The molecule has 1 aliphatic heterocycles. The molecule has 2 rings (SSSR count). The molecule has 0 bridgehead atoms. The zero-order valence-corrected chi connectivity index (χ0v) is 12.2. The molecule has 1 aromatic carbocycles. The molecule has 1 fully saturated rings. The van der Waals surface area contributed by atoms with E-state index in [4.69, 9.17) is 0 Å². The van der Waals surface area contributed by atoms with Crippen molar-refractivity contribution in [3.05, 3.63) is 35.4 Å². The summed E-state index contributed by atoms with van der Waals surface area (Å²) < 4.78 is 0. The zero-order valence-electron chi connectivity index (χ0n) is 12.2. The Morgan fingerprint density at radius 1 is 1.20 bits per heavy atom. The van der Waals surface area contributed by atoms with Crippen LogP contribution in [0.5, 0.6) is 0 Å². The van der Waals surface area contributed by atoms with E-state index in [1.54, 1.807) is 6.92 Å². The zero-order chi connectivity index (χ0) is 14.5. The van der Waals surface area contributed by atoms with E-state index in [2.05, 4.69) is 10.2 Å². The van der Waals surface area contributed by atoms with E-state index in [0.29, 0.717) is 6.54 Å². The normalized spacial score (nSPS) is 16.9. The van der Waals surface area contributed by atoms with E-state index in [1.165, 1.54) is 0 Å². The molecule has 0 aliphatic carbocycles. The molecule has 1 saturated heterocycles. The van der Waals surface area contributed by atoms with E-state index in [9.17, 15) is 9.59 Å². The van der Waals surface area contributed by atoms with Crippen LogP contribution >= 0.6 is 0 Å². The molecular formula is C16H22N2O2. The van der Waals surface area contributed by atoms with E-state index in [0.717, 1.165) is 37.1 Å². The van der Waals surface area contributed by atoms with E-state index in [-0.39, 0.29) is 17.7 Å². The Hall–Kier alpha value is -1.68. The van der Waals surface area contributed by atoms with Crippen molar-refractivity contribution >= 4 is 11.7 Å². The summed E-state index contributed by atoms with van der Waals surface area (Å²) in [5.74, 6) is 0.196. The number of benzene rings is 1. The molecule has 108 valence electrons. The Labute approximate surface area is 120 Å².